The van der Waals surface area contributed by atoms with Crippen molar-refractivity contribution in [3.63, 3.8) is 0 Å². The summed E-state index contributed by atoms with van der Waals surface area (Å²) in [5.41, 5.74) is 12.0. The SMILES string of the molecule is c1ccc(-c2cc(-c3ccc(-n4c5ccccc5c5c6c7ccccc7n(-c7ccccc7)c6c6c7ccccc7sc6c54)cc3)nc(-c3ccccc3)n2)cc1. The van der Waals surface area contributed by atoms with Crippen molar-refractivity contribution in [2.45, 2.75) is 0 Å². The average molecular weight is 745 g/mol. The molecule has 0 aliphatic carbocycles. The molecule has 57 heavy (non-hydrogen) atoms. The maximum Gasteiger partial charge on any atom is 0.160 e. The Balaban J connectivity index is 1.15. The number of benzene rings is 8. The zero-order valence-electron chi connectivity index (χ0n) is 30.7. The molecular weight excluding hydrogens is 713 g/mol. The van der Waals surface area contributed by atoms with Gasteiger partial charge in [-0.1, -0.05) is 146 Å². The smallest absolute Gasteiger partial charge is 0.160 e. The van der Waals surface area contributed by atoms with E-state index in [-0.39, 0.29) is 0 Å². The lowest BCUT2D eigenvalue weighted by molar-refractivity contribution is 1.17. The molecule has 0 spiro atoms. The summed E-state index contributed by atoms with van der Waals surface area (Å²) in [7, 11) is 0. The highest BCUT2D eigenvalue weighted by Crippen LogP contribution is 2.51. The fraction of sp³-hybridized carbons (Fsp3) is 0. The molecule has 0 aliphatic heterocycles. The van der Waals surface area contributed by atoms with Gasteiger partial charge in [0, 0.05) is 65.1 Å². The van der Waals surface area contributed by atoms with Crippen LogP contribution in [0.2, 0.25) is 0 Å². The van der Waals surface area contributed by atoms with Crippen LogP contribution in [0.3, 0.4) is 0 Å². The van der Waals surface area contributed by atoms with Crippen molar-refractivity contribution in [1.29, 1.82) is 0 Å². The Morgan fingerprint density at radius 2 is 0.842 bits per heavy atom. The molecule has 0 aliphatic rings. The molecule has 4 heterocycles. The molecule has 4 aromatic heterocycles. The Morgan fingerprint density at radius 3 is 1.49 bits per heavy atom. The molecule has 0 saturated carbocycles. The van der Waals surface area contributed by atoms with Gasteiger partial charge in [0.25, 0.3) is 0 Å². The topological polar surface area (TPSA) is 35.6 Å². The van der Waals surface area contributed by atoms with Crippen LogP contribution in [-0.4, -0.2) is 19.1 Å². The van der Waals surface area contributed by atoms with Gasteiger partial charge in [-0.15, -0.1) is 11.3 Å². The largest absolute Gasteiger partial charge is 0.309 e. The van der Waals surface area contributed by atoms with Gasteiger partial charge in [0.05, 0.1) is 38.2 Å². The van der Waals surface area contributed by atoms with Crippen molar-refractivity contribution >= 4 is 75.1 Å². The number of rotatable bonds is 5. The molecule has 12 aromatic rings. The second kappa shape index (κ2) is 12.6. The Hall–Kier alpha value is -7.34. The average Bonchev–Trinajstić information content (AvgIpc) is 3.95. The molecule has 0 bridgehead atoms. The first kappa shape index (κ1) is 32.0. The van der Waals surface area contributed by atoms with Crippen molar-refractivity contribution in [2.24, 2.45) is 0 Å². The van der Waals surface area contributed by atoms with Gasteiger partial charge >= 0.3 is 0 Å². The van der Waals surface area contributed by atoms with Crippen LogP contribution in [0.1, 0.15) is 0 Å². The van der Waals surface area contributed by atoms with Gasteiger partial charge in [-0.2, -0.15) is 0 Å². The summed E-state index contributed by atoms with van der Waals surface area (Å²) in [6, 6.07) is 69.2. The second-order valence-electron chi connectivity index (χ2n) is 14.5. The van der Waals surface area contributed by atoms with E-state index < -0.39 is 0 Å². The fourth-order valence-corrected chi connectivity index (χ4v) is 10.1. The minimum atomic E-state index is 0.712. The zero-order valence-corrected chi connectivity index (χ0v) is 31.5. The van der Waals surface area contributed by atoms with Gasteiger partial charge in [-0.05, 0) is 48.5 Å². The van der Waals surface area contributed by atoms with Crippen molar-refractivity contribution in [3.05, 3.63) is 194 Å². The lowest BCUT2D eigenvalue weighted by Crippen LogP contribution is -1.97. The number of hydrogen-bond donors (Lipinski definition) is 0. The molecule has 0 radical (unpaired) electrons. The molecule has 0 N–H and O–H groups in total. The summed E-state index contributed by atoms with van der Waals surface area (Å²) in [6.07, 6.45) is 0. The summed E-state index contributed by atoms with van der Waals surface area (Å²) in [4.78, 5) is 10.2. The predicted octanol–water partition coefficient (Wildman–Crippen LogP) is 14.0. The van der Waals surface area contributed by atoms with Crippen LogP contribution in [0.25, 0.3) is 109 Å². The maximum absolute atomic E-state index is 5.13. The number of aromatic nitrogens is 4. The molecule has 0 atom stereocenters. The Morgan fingerprint density at radius 1 is 0.368 bits per heavy atom. The molecular formula is C52H32N4S. The predicted molar refractivity (Wildman–Crippen MR) is 240 cm³/mol. The molecule has 0 fully saturated rings. The van der Waals surface area contributed by atoms with E-state index in [0.717, 1.165) is 39.5 Å². The fourth-order valence-electron chi connectivity index (χ4n) is 8.85. The van der Waals surface area contributed by atoms with E-state index in [1.165, 1.54) is 63.8 Å². The van der Waals surface area contributed by atoms with Crippen LogP contribution < -0.4 is 0 Å². The lowest BCUT2D eigenvalue weighted by Gasteiger charge is -2.13. The summed E-state index contributed by atoms with van der Waals surface area (Å²) < 4.78 is 7.55. The van der Waals surface area contributed by atoms with Gasteiger partial charge in [0.2, 0.25) is 0 Å². The quantitative estimate of drug-likeness (QED) is 0.176. The molecule has 5 heteroatoms. The Kier molecular flexibility index (Phi) is 7.06. The number of para-hydroxylation sites is 3. The second-order valence-corrected chi connectivity index (χ2v) is 15.6. The van der Waals surface area contributed by atoms with Crippen LogP contribution in [0.4, 0.5) is 0 Å². The van der Waals surface area contributed by atoms with Crippen LogP contribution >= 0.6 is 11.3 Å². The van der Waals surface area contributed by atoms with E-state index in [0.29, 0.717) is 5.82 Å². The minimum Gasteiger partial charge on any atom is -0.309 e. The third-order valence-electron chi connectivity index (χ3n) is 11.3. The minimum absolute atomic E-state index is 0.712. The molecule has 4 nitrogen and oxygen atoms in total. The molecule has 0 unspecified atom stereocenters. The van der Waals surface area contributed by atoms with Gasteiger partial charge in [-0.25, -0.2) is 9.97 Å². The Bertz CT molecular complexity index is 3430. The molecule has 266 valence electrons. The molecule has 0 saturated heterocycles. The van der Waals surface area contributed by atoms with E-state index in [1.54, 1.807) is 0 Å². The third-order valence-corrected chi connectivity index (χ3v) is 12.5. The van der Waals surface area contributed by atoms with Crippen LogP contribution in [0, 0.1) is 0 Å². The van der Waals surface area contributed by atoms with E-state index in [2.05, 4.69) is 179 Å². The van der Waals surface area contributed by atoms with Crippen molar-refractivity contribution in [3.8, 4) is 45.3 Å². The summed E-state index contributed by atoms with van der Waals surface area (Å²) in [5, 5.41) is 7.64. The van der Waals surface area contributed by atoms with E-state index in [1.807, 2.05) is 35.6 Å². The van der Waals surface area contributed by atoms with Gasteiger partial charge < -0.3 is 9.13 Å². The highest BCUT2D eigenvalue weighted by molar-refractivity contribution is 7.27. The molecule has 8 aromatic carbocycles. The zero-order chi connectivity index (χ0) is 37.5. The first-order chi connectivity index (χ1) is 28.3. The van der Waals surface area contributed by atoms with Crippen molar-refractivity contribution < 1.29 is 0 Å². The maximum atomic E-state index is 5.13. The normalized spacial score (nSPS) is 11.9. The molecule has 0 amide bonds. The summed E-state index contributed by atoms with van der Waals surface area (Å²) >= 11 is 1.89. The monoisotopic (exact) mass is 744 g/mol. The highest BCUT2D eigenvalue weighted by Gasteiger charge is 2.26. The number of nitrogens with zero attached hydrogens (tertiary/aromatic N) is 4. The first-order valence-electron chi connectivity index (χ1n) is 19.3. The van der Waals surface area contributed by atoms with Gasteiger partial charge in [0.15, 0.2) is 5.82 Å². The summed E-state index contributed by atoms with van der Waals surface area (Å²) in [5.74, 6) is 0.712. The van der Waals surface area contributed by atoms with Crippen molar-refractivity contribution in [2.75, 3.05) is 0 Å². The van der Waals surface area contributed by atoms with Gasteiger partial charge in [-0.3, -0.25) is 0 Å². The van der Waals surface area contributed by atoms with E-state index >= 15 is 0 Å². The molecule has 12 rings (SSSR count). The van der Waals surface area contributed by atoms with Crippen LogP contribution in [0.5, 0.6) is 0 Å². The number of fused-ring (bicyclic) bond motifs is 12. The van der Waals surface area contributed by atoms with Crippen molar-refractivity contribution in [1.82, 2.24) is 19.1 Å². The van der Waals surface area contributed by atoms with Gasteiger partial charge in [0.1, 0.15) is 0 Å². The Labute approximate surface area is 332 Å². The first-order valence-corrected chi connectivity index (χ1v) is 20.1. The summed E-state index contributed by atoms with van der Waals surface area (Å²) in [6.45, 7) is 0. The van der Waals surface area contributed by atoms with E-state index in [9.17, 15) is 0 Å². The van der Waals surface area contributed by atoms with E-state index in [4.69, 9.17) is 9.97 Å². The highest BCUT2D eigenvalue weighted by atomic mass is 32.1. The van der Waals surface area contributed by atoms with Crippen LogP contribution in [-0.2, 0) is 0 Å². The number of thiophene rings is 1. The standard InChI is InChI=1S/C52H32N4S/c1-4-16-33(17-5-1)41-32-42(54-52(53-41)35-18-6-2-7-19-35)34-28-30-37(31-29-34)56-44-26-14-11-23-39(44)47-46-38-22-10-13-25-43(38)55(36-20-8-3-9-21-36)49(46)48-40-24-12-15-27-45(40)57-51(48)50(47)56/h1-32H. The third kappa shape index (κ3) is 4.86. The lowest BCUT2D eigenvalue weighted by atomic mass is 10.0. The van der Waals surface area contributed by atoms with Crippen LogP contribution in [0.15, 0.2) is 194 Å². The number of hydrogen-bond acceptors (Lipinski definition) is 3.